The van der Waals surface area contributed by atoms with Crippen LogP contribution in [0.25, 0.3) is 22.2 Å². The molecular formula is C20H25N3OS. The normalized spacial score (nSPS) is 20.7. The maximum absolute atomic E-state index is 5.65. The number of rotatable bonds is 5. The zero-order valence-electron chi connectivity index (χ0n) is 14.8. The van der Waals surface area contributed by atoms with Crippen molar-refractivity contribution in [2.45, 2.75) is 45.6 Å². The van der Waals surface area contributed by atoms with Gasteiger partial charge in [0.1, 0.15) is 5.75 Å². The van der Waals surface area contributed by atoms with Gasteiger partial charge in [-0.1, -0.05) is 19.8 Å². The van der Waals surface area contributed by atoms with Crippen LogP contribution in [0.5, 0.6) is 5.75 Å². The van der Waals surface area contributed by atoms with E-state index in [1.807, 2.05) is 19.2 Å². The molecule has 4 nitrogen and oxygen atoms in total. The highest BCUT2D eigenvalue weighted by atomic mass is 32.1. The summed E-state index contributed by atoms with van der Waals surface area (Å²) < 4.78 is 5.65. The van der Waals surface area contributed by atoms with Crippen molar-refractivity contribution >= 4 is 27.4 Å². The predicted molar refractivity (Wildman–Crippen MR) is 106 cm³/mol. The lowest BCUT2D eigenvalue weighted by molar-refractivity contribution is 0.341. The first-order valence-corrected chi connectivity index (χ1v) is 10.1. The van der Waals surface area contributed by atoms with E-state index in [-0.39, 0.29) is 0 Å². The third-order valence-corrected chi connectivity index (χ3v) is 5.78. The summed E-state index contributed by atoms with van der Waals surface area (Å²) in [6.07, 6.45) is 7.23. The molecule has 0 amide bonds. The van der Waals surface area contributed by atoms with Gasteiger partial charge in [0.2, 0.25) is 0 Å². The molecule has 0 bridgehead atoms. The van der Waals surface area contributed by atoms with Gasteiger partial charge >= 0.3 is 0 Å². The average Bonchev–Trinajstić information content (AvgIpc) is 3.21. The van der Waals surface area contributed by atoms with E-state index in [0.717, 1.165) is 39.0 Å². The number of aromatic nitrogens is 2. The van der Waals surface area contributed by atoms with E-state index in [2.05, 4.69) is 34.7 Å². The lowest BCUT2D eigenvalue weighted by Crippen LogP contribution is -2.26. The molecule has 2 N–H and O–H groups in total. The molecule has 1 aliphatic carbocycles. The highest BCUT2D eigenvalue weighted by Crippen LogP contribution is 2.34. The van der Waals surface area contributed by atoms with Gasteiger partial charge in [-0.25, -0.2) is 4.98 Å². The van der Waals surface area contributed by atoms with E-state index in [1.165, 1.54) is 25.7 Å². The van der Waals surface area contributed by atoms with Crippen molar-refractivity contribution < 1.29 is 4.74 Å². The minimum atomic E-state index is 0.565. The number of nitrogens with one attached hydrogen (secondary N) is 2. The summed E-state index contributed by atoms with van der Waals surface area (Å²) in [6.45, 7) is 5.03. The maximum Gasteiger partial charge on any atom is 0.183 e. The number of hydrogen-bond acceptors (Lipinski definition) is 4. The fraction of sp³-hybridized carbons (Fsp3) is 0.450. The Morgan fingerprint density at radius 3 is 3.12 bits per heavy atom. The third kappa shape index (κ3) is 3.52. The smallest absolute Gasteiger partial charge is 0.183 e. The van der Waals surface area contributed by atoms with E-state index in [1.54, 1.807) is 11.3 Å². The summed E-state index contributed by atoms with van der Waals surface area (Å²) in [4.78, 5) is 8.19. The summed E-state index contributed by atoms with van der Waals surface area (Å²) in [6, 6.07) is 6.73. The number of fused-ring (bicyclic) bond motifs is 1. The Morgan fingerprint density at radius 1 is 1.36 bits per heavy atom. The molecule has 3 aromatic rings. The van der Waals surface area contributed by atoms with Crippen molar-refractivity contribution in [3.63, 3.8) is 0 Å². The molecule has 0 radical (unpaired) electrons. The van der Waals surface area contributed by atoms with E-state index in [0.29, 0.717) is 12.6 Å². The first-order valence-electron chi connectivity index (χ1n) is 9.19. The molecular weight excluding hydrogens is 330 g/mol. The van der Waals surface area contributed by atoms with Crippen molar-refractivity contribution in [2.75, 3.05) is 11.9 Å². The van der Waals surface area contributed by atoms with Crippen molar-refractivity contribution in [2.24, 2.45) is 5.92 Å². The van der Waals surface area contributed by atoms with E-state index in [9.17, 15) is 0 Å². The Balaban J connectivity index is 1.57. The van der Waals surface area contributed by atoms with Gasteiger partial charge in [0.25, 0.3) is 0 Å². The minimum absolute atomic E-state index is 0.565. The molecule has 2 aromatic heterocycles. The van der Waals surface area contributed by atoms with Gasteiger partial charge < -0.3 is 15.0 Å². The maximum atomic E-state index is 5.65. The standard InChI is InChI=1S/C20H25N3OS/c1-3-24-15-7-8-18-16(10-15)17(11-21-18)19-12-25-20(23-19)22-14-6-4-5-13(2)9-14/h7-8,10-14,21H,3-6,9H2,1-2H3,(H,22,23). The topological polar surface area (TPSA) is 49.9 Å². The molecule has 132 valence electrons. The minimum Gasteiger partial charge on any atom is -0.494 e. The van der Waals surface area contributed by atoms with Crippen LogP contribution < -0.4 is 10.1 Å². The summed E-state index contributed by atoms with van der Waals surface area (Å²) in [7, 11) is 0. The molecule has 25 heavy (non-hydrogen) atoms. The Morgan fingerprint density at radius 2 is 2.28 bits per heavy atom. The Hall–Kier alpha value is -2.01. The van der Waals surface area contributed by atoms with Gasteiger partial charge in [-0.3, -0.25) is 0 Å². The second-order valence-electron chi connectivity index (χ2n) is 6.99. The van der Waals surface area contributed by atoms with Gasteiger partial charge in [-0.15, -0.1) is 11.3 Å². The van der Waals surface area contributed by atoms with Crippen LogP contribution in [0.1, 0.15) is 39.5 Å². The van der Waals surface area contributed by atoms with Crippen LogP contribution in [0, 0.1) is 5.92 Å². The van der Waals surface area contributed by atoms with Crippen LogP contribution in [0.4, 0.5) is 5.13 Å². The number of hydrogen-bond donors (Lipinski definition) is 2. The molecule has 0 spiro atoms. The molecule has 0 aliphatic heterocycles. The highest BCUT2D eigenvalue weighted by Gasteiger charge is 2.20. The lowest BCUT2D eigenvalue weighted by Gasteiger charge is -2.27. The number of H-pyrrole nitrogens is 1. The largest absolute Gasteiger partial charge is 0.494 e. The number of nitrogens with zero attached hydrogens (tertiary/aromatic N) is 1. The molecule has 2 heterocycles. The van der Waals surface area contributed by atoms with E-state index in [4.69, 9.17) is 9.72 Å². The van der Waals surface area contributed by atoms with Crippen LogP contribution in [0.3, 0.4) is 0 Å². The van der Waals surface area contributed by atoms with Gasteiger partial charge in [-0.05, 0) is 43.9 Å². The molecule has 0 saturated heterocycles. The van der Waals surface area contributed by atoms with Gasteiger partial charge in [0.05, 0.1) is 12.3 Å². The number of aromatic amines is 1. The SMILES string of the molecule is CCOc1ccc2[nH]cc(-c3csc(NC4CCCC(C)C4)n3)c2c1. The van der Waals surface area contributed by atoms with Gasteiger partial charge in [0.15, 0.2) is 5.13 Å². The summed E-state index contributed by atoms with van der Waals surface area (Å²) in [5, 5.41) is 7.98. The predicted octanol–water partition coefficient (Wildman–Crippen LogP) is 5.68. The average molecular weight is 356 g/mol. The number of thiazole rings is 1. The van der Waals surface area contributed by atoms with E-state index < -0.39 is 0 Å². The second-order valence-corrected chi connectivity index (χ2v) is 7.85. The molecule has 1 aliphatic rings. The second kappa shape index (κ2) is 7.08. The van der Waals surface area contributed by atoms with Crippen LogP contribution in [0.2, 0.25) is 0 Å². The fourth-order valence-electron chi connectivity index (χ4n) is 3.77. The van der Waals surface area contributed by atoms with Gasteiger partial charge in [-0.2, -0.15) is 0 Å². The number of benzene rings is 1. The van der Waals surface area contributed by atoms with Crippen LogP contribution >= 0.6 is 11.3 Å². The van der Waals surface area contributed by atoms with Crippen molar-refractivity contribution in [1.82, 2.24) is 9.97 Å². The molecule has 5 heteroatoms. The molecule has 1 saturated carbocycles. The zero-order valence-corrected chi connectivity index (χ0v) is 15.7. The Kier molecular flexibility index (Phi) is 4.66. The first-order chi connectivity index (χ1) is 12.2. The van der Waals surface area contributed by atoms with Crippen LogP contribution in [-0.4, -0.2) is 22.6 Å². The molecule has 4 rings (SSSR count). The summed E-state index contributed by atoms with van der Waals surface area (Å²) in [5.74, 6) is 1.72. The van der Waals surface area contributed by atoms with Crippen LogP contribution in [-0.2, 0) is 0 Å². The quantitative estimate of drug-likeness (QED) is 0.619. The van der Waals surface area contributed by atoms with E-state index >= 15 is 0 Å². The fourth-order valence-corrected chi connectivity index (χ4v) is 4.56. The molecule has 2 atom stereocenters. The number of ether oxygens (including phenoxy) is 1. The first kappa shape index (κ1) is 16.5. The van der Waals surface area contributed by atoms with Crippen molar-refractivity contribution in [3.05, 3.63) is 29.8 Å². The molecule has 2 unspecified atom stereocenters. The molecule has 1 fully saturated rings. The number of anilines is 1. The summed E-state index contributed by atoms with van der Waals surface area (Å²) in [5.41, 5.74) is 3.27. The Labute approximate surface area is 152 Å². The van der Waals surface area contributed by atoms with Crippen molar-refractivity contribution in [1.29, 1.82) is 0 Å². The monoisotopic (exact) mass is 355 g/mol. The van der Waals surface area contributed by atoms with Gasteiger partial charge in [0, 0.05) is 34.1 Å². The van der Waals surface area contributed by atoms with Crippen molar-refractivity contribution in [3.8, 4) is 17.0 Å². The molecule has 1 aromatic carbocycles. The highest BCUT2D eigenvalue weighted by molar-refractivity contribution is 7.14. The lowest BCUT2D eigenvalue weighted by atomic mass is 9.87. The Bertz CT molecular complexity index is 854. The van der Waals surface area contributed by atoms with Crippen LogP contribution in [0.15, 0.2) is 29.8 Å². The third-order valence-electron chi connectivity index (χ3n) is 5.01. The zero-order chi connectivity index (χ0) is 17.2. The summed E-state index contributed by atoms with van der Waals surface area (Å²) >= 11 is 1.70.